The van der Waals surface area contributed by atoms with Crippen LogP contribution < -0.4 is 10.6 Å². The van der Waals surface area contributed by atoms with Crippen LogP contribution in [0.25, 0.3) is 10.9 Å². The number of nitrogens with two attached hydrogens (primary N) is 1. The minimum Gasteiger partial charge on any atom is -0.475 e. The molecule has 0 unspecified atom stereocenters. The summed E-state index contributed by atoms with van der Waals surface area (Å²) in [6.45, 7) is 0.840. The molecule has 2 aromatic carbocycles. The highest BCUT2D eigenvalue weighted by Gasteiger charge is 2.38. The van der Waals surface area contributed by atoms with E-state index in [1.807, 2.05) is 24.3 Å². The second kappa shape index (κ2) is 11.8. The maximum Gasteiger partial charge on any atom is 0.490 e. The molecule has 202 valence electrons. The molecular formula is C23H21ClF3N5O5S. The Morgan fingerprint density at radius 1 is 1.24 bits per heavy atom. The van der Waals surface area contributed by atoms with Crippen LogP contribution in [-0.2, 0) is 26.2 Å². The van der Waals surface area contributed by atoms with E-state index in [-0.39, 0.29) is 10.8 Å². The third-order valence-electron chi connectivity index (χ3n) is 5.32. The number of hydrogen-bond donors (Lipinski definition) is 3. The quantitative estimate of drug-likeness (QED) is 0.178. The van der Waals surface area contributed by atoms with E-state index < -0.39 is 28.2 Å². The summed E-state index contributed by atoms with van der Waals surface area (Å²) in [5.74, 6) is 2.18. The molecule has 1 saturated heterocycles. The van der Waals surface area contributed by atoms with Crippen LogP contribution in [0.3, 0.4) is 0 Å². The predicted octanol–water partition coefficient (Wildman–Crippen LogP) is 2.89. The lowest BCUT2D eigenvalue weighted by Gasteiger charge is -2.17. The van der Waals surface area contributed by atoms with Crippen LogP contribution in [-0.4, -0.2) is 60.3 Å². The van der Waals surface area contributed by atoms with Gasteiger partial charge >= 0.3 is 12.1 Å². The number of aromatic nitrogens is 1. The van der Waals surface area contributed by atoms with Crippen molar-refractivity contribution in [3.05, 3.63) is 70.9 Å². The zero-order valence-electron chi connectivity index (χ0n) is 19.4. The molecule has 0 radical (unpaired) electrons. The topological polar surface area (TPSA) is 155 Å². The highest BCUT2D eigenvalue weighted by Crippen LogP contribution is 2.22. The van der Waals surface area contributed by atoms with Gasteiger partial charge in [0.2, 0.25) is 15.9 Å². The smallest absolute Gasteiger partial charge is 0.475 e. The van der Waals surface area contributed by atoms with E-state index in [2.05, 4.69) is 14.8 Å². The number of likely N-dealkylation sites (tertiary alicyclic amines) is 1. The molecule has 1 aliphatic rings. The number of nitrogens with one attached hydrogen (secondary N) is 1. The molecule has 0 aliphatic carbocycles. The van der Waals surface area contributed by atoms with E-state index in [0.29, 0.717) is 35.6 Å². The molecule has 0 saturated carbocycles. The SMILES string of the molecule is NN=Cc1cccc(CN2CC[C@H](NS(=O)(=O)c3ccc4nc(Cl)ccc4c3)C2=O)c1.O=C(O)C(F)(F)F. The summed E-state index contributed by atoms with van der Waals surface area (Å²) in [4.78, 5) is 27.6. The van der Waals surface area contributed by atoms with Crippen LogP contribution in [0.1, 0.15) is 17.5 Å². The van der Waals surface area contributed by atoms with Crippen molar-refractivity contribution in [2.75, 3.05) is 6.54 Å². The number of amides is 1. The first-order valence-corrected chi connectivity index (χ1v) is 12.7. The molecule has 0 bridgehead atoms. The number of rotatable bonds is 6. The van der Waals surface area contributed by atoms with Crippen molar-refractivity contribution in [2.24, 2.45) is 10.9 Å². The third-order valence-corrected chi connectivity index (χ3v) is 7.00. The monoisotopic (exact) mass is 571 g/mol. The molecule has 15 heteroatoms. The zero-order valence-corrected chi connectivity index (χ0v) is 21.0. The number of carbonyl (C=O) groups excluding carboxylic acids is 1. The molecule has 38 heavy (non-hydrogen) atoms. The van der Waals surface area contributed by atoms with Crippen LogP contribution in [0.15, 0.2) is 64.6 Å². The molecule has 4 rings (SSSR count). The molecule has 1 atom stereocenters. The number of nitrogens with zero attached hydrogens (tertiary/aromatic N) is 3. The normalized spacial score (nSPS) is 16.1. The number of carboxylic acids is 1. The summed E-state index contributed by atoms with van der Waals surface area (Å²) >= 11 is 5.88. The molecule has 4 N–H and O–H groups in total. The van der Waals surface area contributed by atoms with Gasteiger partial charge in [-0.15, -0.1) is 0 Å². The van der Waals surface area contributed by atoms with Crippen LogP contribution in [0.5, 0.6) is 0 Å². The number of pyridine rings is 1. The van der Waals surface area contributed by atoms with Crippen molar-refractivity contribution in [1.82, 2.24) is 14.6 Å². The molecule has 1 aromatic heterocycles. The number of carboxylic acid groups (broad SMARTS) is 1. The zero-order chi connectivity index (χ0) is 28.1. The summed E-state index contributed by atoms with van der Waals surface area (Å²) in [6.07, 6.45) is -3.16. The van der Waals surface area contributed by atoms with Gasteiger partial charge in [0.1, 0.15) is 11.2 Å². The molecule has 0 spiro atoms. The highest BCUT2D eigenvalue weighted by atomic mass is 35.5. The minimum absolute atomic E-state index is 0.0733. The highest BCUT2D eigenvalue weighted by molar-refractivity contribution is 7.89. The van der Waals surface area contributed by atoms with Crippen LogP contribution in [0.2, 0.25) is 5.15 Å². The lowest BCUT2D eigenvalue weighted by Crippen LogP contribution is -2.41. The molecule has 1 fully saturated rings. The average molecular weight is 572 g/mol. The summed E-state index contributed by atoms with van der Waals surface area (Å²) in [5, 5.41) is 11.6. The van der Waals surface area contributed by atoms with Gasteiger partial charge in [-0.05, 0) is 53.9 Å². The number of hydrazone groups is 1. The maximum atomic E-state index is 12.9. The molecule has 1 amide bonds. The molecular weight excluding hydrogens is 551 g/mol. The van der Waals surface area contributed by atoms with E-state index in [1.165, 1.54) is 18.3 Å². The van der Waals surface area contributed by atoms with E-state index in [9.17, 15) is 26.4 Å². The number of aliphatic carboxylic acids is 1. The van der Waals surface area contributed by atoms with Crippen molar-refractivity contribution in [3.63, 3.8) is 0 Å². The minimum atomic E-state index is -5.08. The first kappa shape index (κ1) is 28.8. The number of carbonyl (C=O) groups is 2. The Bertz CT molecular complexity index is 1480. The van der Waals surface area contributed by atoms with Crippen molar-refractivity contribution >= 4 is 50.6 Å². The summed E-state index contributed by atoms with van der Waals surface area (Å²) in [5.41, 5.74) is 2.34. The largest absolute Gasteiger partial charge is 0.490 e. The van der Waals surface area contributed by atoms with Gasteiger partial charge in [-0.25, -0.2) is 18.2 Å². The Balaban J connectivity index is 0.000000505. The van der Waals surface area contributed by atoms with Crippen LogP contribution in [0, 0.1) is 0 Å². The van der Waals surface area contributed by atoms with Gasteiger partial charge < -0.3 is 15.8 Å². The van der Waals surface area contributed by atoms with Crippen LogP contribution >= 0.6 is 11.6 Å². The summed E-state index contributed by atoms with van der Waals surface area (Å²) < 4.78 is 60.0. The standard InChI is InChI=1S/C21H20ClN5O3S.C2HF3O2/c22-20-7-4-16-11-17(5-6-18(16)25-20)31(29,30)26-19-8-9-27(21(19)28)13-15-3-1-2-14(10-15)12-24-23;3-2(4,5)1(6)7/h1-7,10-12,19,26H,8-9,13,23H2;(H,6,7)/t19-;/m0./s1. The fourth-order valence-electron chi connectivity index (χ4n) is 3.58. The Morgan fingerprint density at radius 2 is 1.95 bits per heavy atom. The Kier molecular flexibility index (Phi) is 8.91. The van der Waals surface area contributed by atoms with E-state index in [4.69, 9.17) is 27.3 Å². The summed E-state index contributed by atoms with van der Waals surface area (Å²) in [7, 11) is -3.88. The third kappa shape index (κ3) is 7.40. The van der Waals surface area contributed by atoms with E-state index >= 15 is 0 Å². The number of sulfonamides is 1. The van der Waals surface area contributed by atoms with Crippen LogP contribution in [0.4, 0.5) is 13.2 Å². The van der Waals surface area contributed by atoms with Crippen molar-refractivity contribution in [1.29, 1.82) is 0 Å². The Morgan fingerprint density at radius 3 is 2.61 bits per heavy atom. The van der Waals surface area contributed by atoms with Gasteiger partial charge in [-0.2, -0.15) is 23.0 Å². The van der Waals surface area contributed by atoms with Crippen molar-refractivity contribution < 1.29 is 36.3 Å². The lowest BCUT2D eigenvalue weighted by molar-refractivity contribution is -0.192. The molecule has 1 aliphatic heterocycles. The van der Waals surface area contributed by atoms with Gasteiger partial charge in [-0.1, -0.05) is 29.8 Å². The lowest BCUT2D eigenvalue weighted by atomic mass is 10.1. The Hall–Kier alpha value is -3.75. The number of alkyl halides is 3. The second-order valence-electron chi connectivity index (χ2n) is 8.04. The van der Waals surface area contributed by atoms with Gasteiger partial charge in [-0.3, -0.25) is 4.79 Å². The van der Waals surface area contributed by atoms with Crippen molar-refractivity contribution in [3.8, 4) is 0 Å². The van der Waals surface area contributed by atoms with Gasteiger partial charge in [0.05, 0.1) is 16.6 Å². The molecule has 3 aromatic rings. The van der Waals surface area contributed by atoms with E-state index in [0.717, 1.165) is 11.1 Å². The first-order chi connectivity index (χ1) is 17.8. The van der Waals surface area contributed by atoms with Gasteiger partial charge in [0, 0.05) is 18.5 Å². The molecule has 10 nitrogen and oxygen atoms in total. The predicted molar refractivity (Wildman–Crippen MR) is 133 cm³/mol. The number of hydrogen-bond acceptors (Lipinski definition) is 7. The van der Waals surface area contributed by atoms with Gasteiger partial charge in [0.25, 0.3) is 0 Å². The Labute approximate surface area is 220 Å². The fourth-order valence-corrected chi connectivity index (χ4v) is 5.00. The number of halogens is 4. The first-order valence-electron chi connectivity index (χ1n) is 10.8. The molecule has 2 heterocycles. The van der Waals surface area contributed by atoms with Crippen molar-refractivity contribution in [2.45, 2.75) is 30.1 Å². The number of fused-ring (bicyclic) bond motifs is 1. The maximum absolute atomic E-state index is 12.9. The van der Waals surface area contributed by atoms with E-state index in [1.54, 1.807) is 23.1 Å². The number of benzene rings is 2. The fraction of sp³-hybridized carbons (Fsp3) is 0.217. The van der Waals surface area contributed by atoms with Gasteiger partial charge in [0.15, 0.2) is 0 Å². The second-order valence-corrected chi connectivity index (χ2v) is 10.1. The average Bonchev–Trinajstić information content (AvgIpc) is 3.17. The summed E-state index contributed by atoms with van der Waals surface area (Å²) in [6, 6.07) is 14.6.